The van der Waals surface area contributed by atoms with Crippen LogP contribution < -0.4 is 4.90 Å². The number of carbonyl (C=O) groups is 1. The summed E-state index contributed by atoms with van der Waals surface area (Å²) in [6.07, 6.45) is 0. The summed E-state index contributed by atoms with van der Waals surface area (Å²) in [6.45, 7) is 3.80. The maximum Gasteiger partial charge on any atom is 0.239 e. The Morgan fingerprint density at radius 1 is 1.12 bits per heavy atom. The number of thiazole rings is 1. The third-order valence-corrected chi connectivity index (χ3v) is 6.88. The van der Waals surface area contributed by atoms with Crippen molar-refractivity contribution in [1.82, 2.24) is 9.88 Å². The molecule has 32 heavy (non-hydrogen) atoms. The zero-order valence-corrected chi connectivity index (χ0v) is 19.4. The molecular formula is C21H21ClF3N3O2S2. The Hall–Kier alpha value is -1.85. The largest absolute Gasteiger partial charge is 0.379 e. The van der Waals surface area contributed by atoms with Crippen LogP contribution in [0.5, 0.6) is 0 Å². The van der Waals surface area contributed by atoms with Crippen molar-refractivity contribution in [2.24, 2.45) is 0 Å². The number of benzene rings is 2. The number of fused-ring (bicyclic) bond motifs is 1. The molecule has 1 aliphatic heterocycles. The highest BCUT2D eigenvalue weighted by Crippen LogP contribution is 2.32. The third-order valence-electron chi connectivity index (χ3n) is 4.85. The van der Waals surface area contributed by atoms with E-state index in [9.17, 15) is 18.0 Å². The van der Waals surface area contributed by atoms with Crippen molar-refractivity contribution in [1.29, 1.82) is 0 Å². The molecule has 0 aliphatic carbocycles. The number of hydrogen-bond donors (Lipinski definition) is 0. The molecule has 3 aromatic rings. The summed E-state index contributed by atoms with van der Waals surface area (Å²) in [6, 6.07) is 7.91. The highest BCUT2D eigenvalue weighted by atomic mass is 35.5. The van der Waals surface area contributed by atoms with E-state index in [1.54, 1.807) is 12.1 Å². The lowest BCUT2D eigenvalue weighted by Gasteiger charge is -2.29. The van der Waals surface area contributed by atoms with Crippen LogP contribution in [0, 0.1) is 17.5 Å². The minimum atomic E-state index is -0.751. The molecule has 1 amide bonds. The smallest absolute Gasteiger partial charge is 0.239 e. The molecule has 0 bridgehead atoms. The van der Waals surface area contributed by atoms with Gasteiger partial charge in [0, 0.05) is 37.1 Å². The van der Waals surface area contributed by atoms with Gasteiger partial charge in [0.05, 0.1) is 23.7 Å². The van der Waals surface area contributed by atoms with Gasteiger partial charge in [-0.05, 0) is 30.3 Å². The lowest BCUT2D eigenvalue weighted by atomic mass is 10.3. The number of ether oxygens (including phenoxy) is 1. The molecule has 1 fully saturated rings. The predicted molar refractivity (Wildman–Crippen MR) is 124 cm³/mol. The molecule has 5 nitrogen and oxygen atoms in total. The molecule has 0 unspecified atom stereocenters. The second-order valence-electron chi connectivity index (χ2n) is 6.97. The van der Waals surface area contributed by atoms with Gasteiger partial charge in [-0.25, -0.2) is 18.2 Å². The fourth-order valence-corrected chi connectivity index (χ4v) is 5.03. The fraction of sp³-hybridized carbons (Fsp3) is 0.333. The van der Waals surface area contributed by atoms with E-state index in [1.165, 1.54) is 34.9 Å². The number of morpholine rings is 1. The molecule has 0 saturated carbocycles. The number of carbonyl (C=O) groups excluding carboxylic acids is 1. The number of halogens is 4. The van der Waals surface area contributed by atoms with Crippen molar-refractivity contribution >= 4 is 56.8 Å². The average Bonchev–Trinajstić information content (AvgIpc) is 3.18. The van der Waals surface area contributed by atoms with Gasteiger partial charge < -0.3 is 4.74 Å². The summed E-state index contributed by atoms with van der Waals surface area (Å²) in [5.74, 6) is -1.87. The zero-order chi connectivity index (χ0) is 21.8. The van der Waals surface area contributed by atoms with E-state index in [-0.39, 0.29) is 35.4 Å². The van der Waals surface area contributed by atoms with Crippen LogP contribution in [0.25, 0.3) is 10.2 Å². The van der Waals surface area contributed by atoms with Crippen molar-refractivity contribution in [2.75, 3.05) is 50.0 Å². The maximum atomic E-state index is 14.1. The summed E-state index contributed by atoms with van der Waals surface area (Å²) < 4.78 is 46.6. The molecule has 0 N–H and O–H groups in total. The Bertz CT molecular complexity index is 1060. The minimum absolute atomic E-state index is 0. The number of nitrogens with zero attached hydrogens (tertiary/aromatic N) is 3. The van der Waals surface area contributed by atoms with Crippen LogP contribution in [0.15, 0.2) is 41.3 Å². The van der Waals surface area contributed by atoms with E-state index < -0.39 is 11.6 Å². The minimum Gasteiger partial charge on any atom is -0.379 e. The van der Waals surface area contributed by atoms with Crippen LogP contribution in [0.4, 0.5) is 18.3 Å². The third kappa shape index (κ3) is 6.14. The van der Waals surface area contributed by atoms with Gasteiger partial charge in [-0.1, -0.05) is 11.3 Å². The van der Waals surface area contributed by atoms with Gasteiger partial charge in [-0.3, -0.25) is 14.6 Å². The maximum absolute atomic E-state index is 14.1. The Kier molecular flexibility index (Phi) is 8.78. The van der Waals surface area contributed by atoms with Crippen molar-refractivity contribution < 1.29 is 22.7 Å². The SMILES string of the molecule is Cl.O=C(CSc1ccc(F)cc1)N(CCN1CCOCC1)c1nc2c(F)cc(F)cc2s1. The molecule has 1 aliphatic rings. The standard InChI is InChI=1S/C21H20F3N3O2S2.ClH/c22-14-1-3-16(4-2-14)30-13-19(28)27(6-5-26-7-9-29-10-8-26)21-25-20-17(24)11-15(23)12-18(20)31-21;/h1-4,11-12H,5-10,13H2;1H. The molecular weight excluding hydrogens is 483 g/mol. The lowest BCUT2D eigenvalue weighted by Crippen LogP contribution is -2.43. The van der Waals surface area contributed by atoms with E-state index >= 15 is 0 Å². The number of rotatable bonds is 7. The zero-order valence-electron chi connectivity index (χ0n) is 16.9. The summed E-state index contributed by atoms with van der Waals surface area (Å²) in [7, 11) is 0. The number of anilines is 1. The van der Waals surface area contributed by atoms with Crippen LogP contribution in [0.2, 0.25) is 0 Å². The molecule has 0 atom stereocenters. The summed E-state index contributed by atoms with van der Waals surface area (Å²) >= 11 is 2.37. The predicted octanol–water partition coefficient (Wildman–Crippen LogP) is 4.59. The van der Waals surface area contributed by atoms with E-state index in [4.69, 9.17) is 4.74 Å². The summed E-state index contributed by atoms with van der Waals surface area (Å²) in [5.41, 5.74) is 0.0526. The number of aromatic nitrogens is 1. The van der Waals surface area contributed by atoms with E-state index in [1.807, 2.05) is 0 Å². The first kappa shape index (κ1) is 24.8. The highest BCUT2D eigenvalue weighted by molar-refractivity contribution is 8.00. The van der Waals surface area contributed by atoms with Crippen molar-refractivity contribution in [3.63, 3.8) is 0 Å². The van der Waals surface area contributed by atoms with E-state index in [0.29, 0.717) is 36.1 Å². The van der Waals surface area contributed by atoms with Gasteiger partial charge >= 0.3 is 0 Å². The quantitative estimate of drug-likeness (QED) is 0.441. The molecule has 0 spiro atoms. The molecule has 1 saturated heterocycles. The Morgan fingerprint density at radius 3 is 2.56 bits per heavy atom. The summed E-state index contributed by atoms with van der Waals surface area (Å²) in [4.78, 5) is 21.8. The molecule has 172 valence electrons. The van der Waals surface area contributed by atoms with Crippen LogP contribution in [-0.2, 0) is 9.53 Å². The first-order valence-electron chi connectivity index (χ1n) is 9.74. The van der Waals surface area contributed by atoms with Gasteiger partial charge in [-0.2, -0.15) is 0 Å². The highest BCUT2D eigenvalue weighted by Gasteiger charge is 2.23. The molecule has 11 heteroatoms. The van der Waals surface area contributed by atoms with Crippen LogP contribution in [0.1, 0.15) is 0 Å². The lowest BCUT2D eigenvalue weighted by molar-refractivity contribution is -0.116. The van der Waals surface area contributed by atoms with Crippen molar-refractivity contribution in [3.05, 3.63) is 53.8 Å². The Balaban J connectivity index is 0.00000289. The molecule has 1 aromatic heterocycles. The van der Waals surface area contributed by atoms with Crippen molar-refractivity contribution in [2.45, 2.75) is 4.90 Å². The Morgan fingerprint density at radius 2 is 1.84 bits per heavy atom. The first-order valence-corrected chi connectivity index (χ1v) is 11.5. The summed E-state index contributed by atoms with van der Waals surface area (Å²) in [5, 5.41) is 0.331. The number of thioether (sulfide) groups is 1. The second kappa shape index (κ2) is 11.3. The Labute approximate surface area is 198 Å². The number of hydrogen-bond acceptors (Lipinski definition) is 6. The second-order valence-corrected chi connectivity index (χ2v) is 9.03. The van der Waals surface area contributed by atoms with Crippen LogP contribution in [0.3, 0.4) is 0 Å². The monoisotopic (exact) mass is 503 g/mol. The van der Waals surface area contributed by atoms with E-state index in [2.05, 4.69) is 9.88 Å². The molecule has 2 aromatic carbocycles. The van der Waals surface area contributed by atoms with Gasteiger partial charge in [0.15, 0.2) is 10.9 Å². The molecule has 4 rings (SSSR count). The van der Waals surface area contributed by atoms with Gasteiger partial charge in [0.1, 0.15) is 17.2 Å². The van der Waals surface area contributed by atoms with Crippen LogP contribution >= 0.6 is 35.5 Å². The topological polar surface area (TPSA) is 45.7 Å². The normalized spacial score (nSPS) is 14.3. The first-order chi connectivity index (χ1) is 15.0. The van der Waals surface area contributed by atoms with Crippen LogP contribution in [-0.4, -0.2) is 60.9 Å². The molecule has 2 heterocycles. The number of amides is 1. The van der Waals surface area contributed by atoms with Crippen molar-refractivity contribution in [3.8, 4) is 0 Å². The van der Waals surface area contributed by atoms with Gasteiger partial charge in [0.25, 0.3) is 0 Å². The van der Waals surface area contributed by atoms with Gasteiger partial charge in [0.2, 0.25) is 5.91 Å². The fourth-order valence-electron chi connectivity index (χ4n) is 3.21. The van der Waals surface area contributed by atoms with Gasteiger partial charge in [-0.15, -0.1) is 24.2 Å². The van der Waals surface area contributed by atoms with E-state index in [0.717, 1.165) is 35.4 Å². The average molecular weight is 504 g/mol. The molecule has 0 radical (unpaired) electrons.